The van der Waals surface area contributed by atoms with Crippen LogP contribution in [-0.4, -0.2) is 32.7 Å². The number of hydrogen-bond donors (Lipinski definition) is 3. The number of carbonyl (C=O) groups excluding carboxylic acids is 1. The predicted octanol–water partition coefficient (Wildman–Crippen LogP) is 3.11. The third-order valence-corrected chi connectivity index (χ3v) is 4.19. The second-order valence-corrected chi connectivity index (χ2v) is 7.78. The fraction of sp³-hybridized carbons (Fsp3) is 0.526. The zero-order valence-corrected chi connectivity index (χ0v) is 15.8. The zero-order valence-electron chi connectivity index (χ0n) is 15.8. The average Bonchev–Trinajstić information content (AvgIpc) is 2.96. The Kier molecular flexibility index (Phi) is 5.15. The van der Waals surface area contributed by atoms with E-state index in [1.54, 1.807) is 0 Å². The third-order valence-electron chi connectivity index (χ3n) is 4.19. The van der Waals surface area contributed by atoms with Gasteiger partial charge in [0.1, 0.15) is 11.4 Å². The topological polar surface area (TPSA) is 91.9 Å². The summed E-state index contributed by atoms with van der Waals surface area (Å²) in [7, 11) is 0. The van der Waals surface area contributed by atoms with E-state index in [-0.39, 0.29) is 12.1 Å². The minimum Gasteiger partial charge on any atom is -0.444 e. The Morgan fingerprint density at radius 3 is 2.85 bits per heavy atom. The van der Waals surface area contributed by atoms with Crippen molar-refractivity contribution in [3.8, 4) is 0 Å². The van der Waals surface area contributed by atoms with Gasteiger partial charge in [0.05, 0.1) is 18.4 Å². The Balaban J connectivity index is 1.59. The quantitative estimate of drug-likeness (QED) is 0.782. The van der Waals surface area contributed by atoms with Gasteiger partial charge >= 0.3 is 6.09 Å². The number of hydrogen-bond acceptors (Lipinski definition) is 5. The van der Waals surface area contributed by atoms with Gasteiger partial charge in [-0.25, -0.2) is 9.78 Å². The number of fused-ring (bicyclic) bond motifs is 1. The molecule has 0 saturated carbocycles. The van der Waals surface area contributed by atoms with Crippen molar-refractivity contribution in [2.45, 2.75) is 65.1 Å². The molecule has 0 bridgehead atoms. The number of aryl methyl sites for hydroxylation is 2. The first-order valence-corrected chi connectivity index (χ1v) is 9.00. The van der Waals surface area contributed by atoms with E-state index in [1.807, 2.05) is 40.1 Å². The second-order valence-electron chi connectivity index (χ2n) is 7.78. The number of alkyl carbamates (subject to hydrolysis) is 1. The largest absolute Gasteiger partial charge is 0.444 e. The van der Waals surface area contributed by atoms with Gasteiger partial charge in [0.15, 0.2) is 0 Å². The van der Waals surface area contributed by atoms with Crippen LogP contribution in [0.3, 0.4) is 0 Å². The van der Waals surface area contributed by atoms with Crippen molar-refractivity contribution in [3.05, 3.63) is 41.2 Å². The minimum atomic E-state index is -0.487. The summed E-state index contributed by atoms with van der Waals surface area (Å²) in [6.45, 7) is 8.20. The molecule has 0 aliphatic heterocycles. The van der Waals surface area contributed by atoms with Gasteiger partial charge in [-0.05, 0) is 58.6 Å². The van der Waals surface area contributed by atoms with Crippen LogP contribution < -0.4 is 10.6 Å². The van der Waals surface area contributed by atoms with E-state index in [0.717, 1.165) is 47.7 Å². The molecule has 0 spiro atoms. The van der Waals surface area contributed by atoms with Gasteiger partial charge in [-0.2, -0.15) is 0 Å². The maximum atomic E-state index is 12.0. The van der Waals surface area contributed by atoms with E-state index in [1.165, 1.54) is 0 Å². The molecule has 2 aromatic heterocycles. The summed E-state index contributed by atoms with van der Waals surface area (Å²) in [4.78, 5) is 24.1. The number of pyridine rings is 1. The minimum absolute atomic E-state index is 0.0714. The molecule has 0 radical (unpaired) electrons. The zero-order chi connectivity index (χ0) is 18.7. The van der Waals surface area contributed by atoms with E-state index >= 15 is 0 Å². The Hall–Kier alpha value is -2.57. The number of amides is 1. The van der Waals surface area contributed by atoms with Gasteiger partial charge in [0.25, 0.3) is 0 Å². The molecule has 2 heterocycles. The summed E-state index contributed by atoms with van der Waals surface area (Å²) in [5.41, 5.74) is 3.78. The van der Waals surface area contributed by atoms with Crippen molar-refractivity contribution < 1.29 is 9.53 Å². The number of nitrogens with zero attached hydrogens (tertiary/aromatic N) is 2. The van der Waals surface area contributed by atoms with E-state index in [4.69, 9.17) is 4.74 Å². The van der Waals surface area contributed by atoms with Crippen LogP contribution in [0, 0.1) is 6.92 Å². The van der Waals surface area contributed by atoms with Crippen molar-refractivity contribution in [2.24, 2.45) is 0 Å². The lowest BCUT2D eigenvalue weighted by molar-refractivity contribution is 0.0500. The van der Waals surface area contributed by atoms with Crippen molar-refractivity contribution in [3.63, 3.8) is 0 Å². The summed E-state index contributed by atoms with van der Waals surface area (Å²) < 4.78 is 5.35. The SMILES string of the molecule is Cc1cnc(CNc2cnc3c(c2)CC(NC(=O)OC(C)(C)C)CC3)[nH]1. The lowest BCUT2D eigenvalue weighted by Crippen LogP contribution is -2.42. The molecule has 0 saturated heterocycles. The molecule has 0 fully saturated rings. The molecule has 1 aliphatic rings. The molecule has 3 rings (SSSR count). The van der Waals surface area contributed by atoms with E-state index in [9.17, 15) is 4.79 Å². The molecule has 140 valence electrons. The van der Waals surface area contributed by atoms with Gasteiger partial charge in [-0.15, -0.1) is 0 Å². The van der Waals surface area contributed by atoms with Gasteiger partial charge in [0, 0.05) is 23.6 Å². The van der Waals surface area contributed by atoms with Crippen LogP contribution in [0.2, 0.25) is 0 Å². The average molecular weight is 357 g/mol. The van der Waals surface area contributed by atoms with Crippen LogP contribution in [0.4, 0.5) is 10.5 Å². The number of rotatable bonds is 4. The molecular formula is C19H27N5O2. The summed E-state index contributed by atoms with van der Waals surface area (Å²) in [6.07, 6.45) is 5.80. The molecule has 7 heteroatoms. The van der Waals surface area contributed by atoms with Crippen LogP contribution in [0.25, 0.3) is 0 Å². The van der Waals surface area contributed by atoms with Gasteiger partial charge in [-0.3, -0.25) is 4.98 Å². The van der Waals surface area contributed by atoms with E-state index in [2.05, 4.69) is 31.7 Å². The Labute approximate surface area is 154 Å². The van der Waals surface area contributed by atoms with E-state index < -0.39 is 5.60 Å². The maximum absolute atomic E-state index is 12.0. The molecule has 1 aliphatic carbocycles. The lowest BCUT2D eigenvalue weighted by atomic mass is 9.91. The highest BCUT2D eigenvalue weighted by molar-refractivity contribution is 5.68. The standard InChI is InChI=1S/C19H27N5O2/c1-12-9-22-17(23-12)11-20-15-8-13-7-14(5-6-16(13)21-10-15)24-18(25)26-19(2,3)4/h8-10,14,20H,5-7,11H2,1-4H3,(H,22,23)(H,24,25). The molecule has 1 unspecified atom stereocenters. The normalized spacial score (nSPS) is 16.7. The number of H-pyrrole nitrogens is 1. The van der Waals surface area contributed by atoms with Crippen LogP contribution in [-0.2, 0) is 24.1 Å². The van der Waals surface area contributed by atoms with Gasteiger partial charge in [0.2, 0.25) is 0 Å². The van der Waals surface area contributed by atoms with Crippen molar-refractivity contribution in [1.29, 1.82) is 0 Å². The summed E-state index contributed by atoms with van der Waals surface area (Å²) in [5.74, 6) is 0.893. The predicted molar refractivity (Wildman–Crippen MR) is 100 cm³/mol. The Morgan fingerprint density at radius 1 is 1.35 bits per heavy atom. The fourth-order valence-corrected chi connectivity index (χ4v) is 3.06. The van der Waals surface area contributed by atoms with Gasteiger partial charge < -0.3 is 20.4 Å². The first kappa shape index (κ1) is 18.2. The van der Waals surface area contributed by atoms with Crippen molar-refractivity contribution in [2.75, 3.05) is 5.32 Å². The van der Waals surface area contributed by atoms with E-state index in [0.29, 0.717) is 6.54 Å². The smallest absolute Gasteiger partial charge is 0.407 e. The molecule has 0 aromatic carbocycles. The number of aromatic amines is 1. The van der Waals surface area contributed by atoms with Gasteiger partial charge in [-0.1, -0.05) is 0 Å². The van der Waals surface area contributed by atoms with Crippen molar-refractivity contribution in [1.82, 2.24) is 20.3 Å². The van der Waals surface area contributed by atoms with Crippen LogP contribution in [0.5, 0.6) is 0 Å². The first-order valence-electron chi connectivity index (χ1n) is 9.00. The van der Waals surface area contributed by atoms with Crippen LogP contribution in [0.1, 0.15) is 50.0 Å². The fourth-order valence-electron chi connectivity index (χ4n) is 3.06. The molecule has 7 nitrogen and oxygen atoms in total. The van der Waals surface area contributed by atoms with Crippen LogP contribution in [0.15, 0.2) is 18.5 Å². The number of ether oxygens (including phenoxy) is 1. The monoisotopic (exact) mass is 357 g/mol. The highest BCUT2D eigenvalue weighted by atomic mass is 16.6. The molecule has 1 amide bonds. The second kappa shape index (κ2) is 7.35. The van der Waals surface area contributed by atoms with Crippen LogP contribution >= 0.6 is 0 Å². The number of nitrogens with one attached hydrogen (secondary N) is 3. The molecule has 2 aromatic rings. The Bertz CT molecular complexity index is 778. The molecule has 3 N–H and O–H groups in total. The Morgan fingerprint density at radius 2 is 2.15 bits per heavy atom. The number of imidazole rings is 1. The lowest BCUT2D eigenvalue weighted by Gasteiger charge is -2.27. The molecule has 26 heavy (non-hydrogen) atoms. The summed E-state index contributed by atoms with van der Waals surface area (Å²) >= 11 is 0. The molecule has 1 atom stereocenters. The first-order chi connectivity index (χ1) is 12.3. The number of aromatic nitrogens is 3. The maximum Gasteiger partial charge on any atom is 0.407 e. The summed E-state index contributed by atoms with van der Waals surface area (Å²) in [5, 5.41) is 6.31. The third kappa shape index (κ3) is 4.97. The van der Waals surface area contributed by atoms with Crippen molar-refractivity contribution >= 4 is 11.8 Å². The highest BCUT2D eigenvalue weighted by Gasteiger charge is 2.24. The highest BCUT2D eigenvalue weighted by Crippen LogP contribution is 2.23. The number of carbonyl (C=O) groups is 1. The summed E-state index contributed by atoms with van der Waals surface area (Å²) in [6, 6.07) is 2.18. The number of anilines is 1. The molecular weight excluding hydrogens is 330 g/mol.